The highest BCUT2D eigenvalue weighted by molar-refractivity contribution is 4.76. The van der Waals surface area contributed by atoms with Crippen LogP contribution in [-0.2, 0) is 4.74 Å². The van der Waals surface area contributed by atoms with E-state index in [1.54, 1.807) is 0 Å². The fourth-order valence-corrected chi connectivity index (χ4v) is 1.47. The Labute approximate surface area is 100 Å². The quantitative estimate of drug-likeness (QED) is 0.537. The smallest absolute Gasteiger partial charge is 0.0609 e. The van der Waals surface area contributed by atoms with Crippen molar-refractivity contribution in [2.24, 2.45) is 5.73 Å². The molecular formula is C13H29NO2. The summed E-state index contributed by atoms with van der Waals surface area (Å²) in [5.41, 5.74) is 5.30. The van der Waals surface area contributed by atoms with Gasteiger partial charge in [-0.05, 0) is 19.8 Å². The lowest BCUT2D eigenvalue weighted by molar-refractivity contribution is 0.0973. The molecule has 16 heavy (non-hydrogen) atoms. The maximum Gasteiger partial charge on any atom is 0.0609 e. The molecule has 1 atom stereocenters. The average molecular weight is 231 g/mol. The molecule has 0 saturated carbocycles. The molecule has 0 aromatic carbocycles. The minimum absolute atomic E-state index is 0.0212. The van der Waals surface area contributed by atoms with Gasteiger partial charge in [-0.3, -0.25) is 0 Å². The zero-order valence-electron chi connectivity index (χ0n) is 11.0. The molecule has 0 aliphatic rings. The Balaban J connectivity index is 3.10. The molecule has 0 aromatic heterocycles. The van der Waals surface area contributed by atoms with E-state index in [9.17, 15) is 0 Å². The maximum absolute atomic E-state index is 8.94. The van der Waals surface area contributed by atoms with Crippen LogP contribution in [0.3, 0.4) is 0 Å². The van der Waals surface area contributed by atoms with Crippen molar-refractivity contribution < 1.29 is 9.84 Å². The molecule has 0 fully saturated rings. The lowest BCUT2D eigenvalue weighted by Crippen LogP contribution is -2.41. The van der Waals surface area contributed by atoms with Crippen LogP contribution in [-0.4, -0.2) is 30.5 Å². The first-order valence-electron chi connectivity index (χ1n) is 6.60. The maximum atomic E-state index is 8.94. The first-order chi connectivity index (χ1) is 7.62. The van der Waals surface area contributed by atoms with Crippen molar-refractivity contribution in [1.82, 2.24) is 0 Å². The standard InChI is InChI=1S/C13H29NO2/c1-3-4-5-6-7-8-10-16-11-9-13(2,14)12-15/h15H,3-12,14H2,1-2H3. The molecule has 0 rings (SSSR count). The lowest BCUT2D eigenvalue weighted by atomic mass is 10.0. The van der Waals surface area contributed by atoms with Crippen molar-refractivity contribution in [3.05, 3.63) is 0 Å². The summed E-state index contributed by atoms with van der Waals surface area (Å²) in [6, 6.07) is 0. The minimum atomic E-state index is -0.485. The predicted molar refractivity (Wildman–Crippen MR) is 68.5 cm³/mol. The van der Waals surface area contributed by atoms with Crippen LogP contribution in [0.1, 0.15) is 58.8 Å². The minimum Gasteiger partial charge on any atom is -0.394 e. The average Bonchev–Trinajstić information content (AvgIpc) is 2.27. The summed E-state index contributed by atoms with van der Waals surface area (Å²) in [6.07, 6.45) is 8.45. The van der Waals surface area contributed by atoms with Crippen molar-refractivity contribution in [2.75, 3.05) is 19.8 Å². The second-order valence-corrected chi connectivity index (χ2v) is 4.94. The van der Waals surface area contributed by atoms with Crippen LogP contribution in [0.5, 0.6) is 0 Å². The van der Waals surface area contributed by atoms with E-state index in [4.69, 9.17) is 15.6 Å². The van der Waals surface area contributed by atoms with E-state index in [1.165, 1.54) is 32.1 Å². The number of aliphatic hydroxyl groups excluding tert-OH is 1. The van der Waals surface area contributed by atoms with Crippen LogP contribution in [0.25, 0.3) is 0 Å². The summed E-state index contributed by atoms with van der Waals surface area (Å²) >= 11 is 0. The summed E-state index contributed by atoms with van der Waals surface area (Å²) in [4.78, 5) is 0. The van der Waals surface area contributed by atoms with Gasteiger partial charge in [0.15, 0.2) is 0 Å². The van der Waals surface area contributed by atoms with Crippen molar-refractivity contribution in [1.29, 1.82) is 0 Å². The molecule has 0 saturated heterocycles. The molecule has 0 heterocycles. The Hall–Kier alpha value is -0.120. The van der Waals surface area contributed by atoms with Gasteiger partial charge in [0.05, 0.1) is 6.61 Å². The monoisotopic (exact) mass is 231 g/mol. The number of hydrogen-bond acceptors (Lipinski definition) is 3. The Morgan fingerprint density at radius 1 is 1.06 bits per heavy atom. The topological polar surface area (TPSA) is 55.5 Å². The molecule has 0 radical (unpaired) electrons. The van der Waals surface area contributed by atoms with Crippen molar-refractivity contribution >= 4 is 0 Å². The van der Waals surface area contributed by atoms with E-state index < -0.39 is 5.54 Å². The van der Waals surface area contributed by atoms with E-state index >= 15 is 0 Å². The third kappa shape index (κ3) is 10.4. The number of ether oxygens (including phenoxy) is 1. The van der Waals surface area contributed by atoms with Gasteiger partial charge in [0.1, 0.15) is 0 Å². The SMILES string of the molecule is CCCCCCCCOCCC(C)(N)CO. The molecule has 0 spiro atoms. The highest BCUT2D eigenvalue weighted by Crippen LogP contribution is 2.06. The number of unbranched alkanes of at least 4 members (excludes halogenated alkanes) is 5. The van der Waals surface area contributed by atoms with E-state index in [1.807, 2.05) is 6.92 Å². The molecule has 0 bridgehead atoms. The largest absolute Gasteiger partial charge is 0.394 e. The highest BCUT2D eigenvalue weighted by Gasteiger charge is 2.15. The highest BCUT2D eigenvalue weighted by atomic mass is 16.5. The molecule has 3 heteroatoms. The van der Waals surface area contributed by atoms with Gasteiger partial charge in [0.2, 0.25) is 0 Å². The van der Waals surface area contributed by atoms with Gasteiger partial charge < -0.3 is 15.6 Å². The Bertz CT molecular complexity index is 149. The first-order valence-corrected chi connectivity index (χ1v) is 6.60. The molecule has 1 unspecified atom stereocenters. The predicted octanol–water partition coefficient (Wildman–Crippen LogP) is 2.46. The van der Waals surface area contributed by atoms with Crippen LogP contribution in [0.2, 0.25) is 0 Å². The zero-order valence-corrected chi connectivity index (χ0v) is 11.0. The van der Waals surface area contributed by atoms with Crippen molar-refractivity contribution in [3.8, 4) is 0 Å². The Kier molecular flexibility index (Phi) is 9.99. The van der Waals surface area contributed by atoms with Crippen LogP contribution in [0.15, 0.2) is 0 Å². The van der Waals surface area contributed by atoms with Crippen molar-refractivity contribution in [3.63, 3.8) is 0 Å². The van der Waals surface area contributed by atoms with E-state index in [-0.39, 0.29) is 6.61 Å². The molecule has 0 amide bonds. The third-order valence-electron chi connectivity index (χ3n) is 2.82. The van der Waals surface area contributed by atoms with Gasteiger partial charge in [-0.15, -0.1) is 0 Å². The number of aliphatic hydroxyl groups is 1. The second kappa shape index (κ2) is 10.1. The van der Waals surface area contributed by atoms with Gasteiger partial charge in [-0.2, -0.15) is 0 Å². The number of rotatable bonds is 11. The Morgan fingerprint density at radius 2 is 1.69 bits per heavy atom. The summed E-state index contributed by atoms with van der Waals surface area (Å²) in [7, 11) is 0. The van der Waals surface area contributed by atoms with E-state index in [2.05, 4.69) is 6.92 Å². The fraction of sp³-hybridized carbons (Fsp3) is 1.00. The van der Waals surface area contributed by atoms with Crippen LogP contribution in [0, 0.1) is 0 Å². The summed E-state index contributed by atoms with van der Waals surface area (Å²) in [5.74, 6) is 0. The summed E-state index contributed by atoms with van der Waals surface area (Å²) in [6.45, 7) is 5.58. The third-order valence-corrected chi connectivity index (χ3v) is 2.82. The fourth-order valence-electron chi connectivity index (χ4n) is 1.47. The van der Waals surface area contributed by atoms with Crippen LogP contribution < -0.4 is 5.73 Å². The van der Waals surface area contributed by atoms with Crippen LogP contribution in [0.4, 0.5) is 0 Å². The molecule has 3 N–H and O–H groups in total. The van der Waals surface area contributed by atoms with Gasteiger partial charge in [0, 0.05) is 18.8 Å². The normalized spacial score (nSPS) is 15.0. The Morgan fingerprint density at radius 3 is 2.31 bits per heavy atom. The van der Waals surface area contributed by atoms with Crippen molar-refractivity contribution in [2.45, 2.75) is 64.3 Å². The molecular weight excluding hydrogens is 202 g/mol. The first kappa shape index (κ1) is 15.9. The molecule has 0 aliphatic heterocycles. The van der Waals surface area contributed by atoms with Gasteiger partial charge in [-0.1, -0.05) is 39.0 Å². The van der Waals surface area contributed by atoms with Crippen LogP contribution >= 0.6 is 0 Å². The number of hydrogen-bond donors (Lipinski definition) is 2. The summed E-state index contributed by atoms with van der Waals surface area (Å²) in [5, 5.41) is 8.94. The van der Waals surface area contributed by atoms with Gasteiger partial charge in [-0.25, -0.2) is 0 Å². The molecule has 0 aliphatic carbocycles. The summed E-state index contributed by atoms with van der Waals surface area (Å²) < 4.78 is 5.49. The lowest BCUT2D eigenvalue weighted by Gasteiger charge is -2.21. The molecule has 98 valence electrons. The van der Waals surface area contributed by atoms with E-state index in [0.717, 1.165) is 19.4 Å². The second-order valence-electron chi connectivity index (χ2n) is 4.94. The molecule has 3 nitrogen and oxygen atoms in total. The van der Waals surface area contributed by atoms with E-state index in [0.29, 0.717) is 6.61 Å². The number of nitrogens with two attached hydrogens (primary N) is 1. The van der Waals surface area contributed by atoms with Gasteiger partial charge >= 0.3 is 0 Å². The molecule has 0 aromatic rings. The van der Waals surface area contributed by atoms with Gasteiger partial charge in [0.25, 0.3) is 0 Å². The zero-order chi connectivity index (χ0) is 12.3.